The highest BCUT2D eigenvalue weighted by atomic mass is 35.5. The van der Waals surface area contributed by atoms with Gasteiger partial charge in [0.25, 0.3) is 0 Å². The fraction of sp³-hybridized carbons (Fsp3) is 0.333. The molecular formula is C21H21ClN2O4S. The van der Waals surface area contributed by atoms with Gasteiger partial charge in [-0.3, -0.25) is 14.9 Å². The first kappa shape index (κ1) is 20.1. The van der Waals surface area contributed by atoms with Crippen molar-refractivity contribution in [1.29, 1.82) is 0 Å². The molecule has 8 heteroatoms. The lowest BCUT2D eigenvalue weighted by molar-refractivity contribution is -0.134. The number of halogens is 1. The lowest BCUT2D eigenvalue weighted by Crippen LogP contribution is -2.39. The SMILES string of the molecule is O=C1CCC(c2cccc(-c3ccc(S(=O)(=O)N4CCCC4)cc3)c2Cl)C(=O)N1. The van der Waals surface area contributed by atoms with Crippen LogP contribution in [0.25, 0.3) is 11.1 Å². The molecule has 2 fully saturated rings. The van der Waals surface area contributed by atoms with E-state index in [9.17, 15) is 18.0 Å². The second kappa shape index (κ2) is 7.89. The van der Waals surface area contributed by atoms with Crippen LogP contribution in [0.5, 0.6) is 0 Å². The second-order valence-corrected chi connectivity index (χ2v) is 9.66. The Kier molecular flexibility index (Phi) is 5.46. The summed E-state index contributed by atoms with van der Waals surface area (Å²) in [4.78, 5) is 23.9. The molecule has 6 nitrogen and oxygen atoms in total. The Morgan fingerprint density at radius 2 is 1.69 bits per heavy atom. The zero-order chi connectivity index (χ0) is 20.6. The zero-order valence-electron chi connectivity index (χ0n) is 15.7. The number of hydrogen-bond donors (Lipinski definition) is 1. The van der Waals surface area contributed by atoms with Crippen LogP contribution in [0.1, 0.15) is 37.2 Å². The number of piperidine rings is 1. The van der Waals surface area contributed by atoms with Crippen LogP contribution in [0.2, 0.25) is 5.02 Å². The summed E-state index contributed by atoms with van der Waals surface area (Å²) >= 11 is 6.62. The summed E-state index contributed by atoms with van der Waals surface area (Å²) in [6.07, 6.45) is 2.47. The average molecular weight is 433 g/mol. The molecule has 2 heterocycles. The van der Waals surface area contributed by atoms with Crippen LogP contribution in [-0.2, 0) is 19.6 Å². The van der Waals surface area contributed by atoms with Crippen molar-refractivity contribution in [2.24, 2.45) is 0 Å². The number of amides is 2. The number of nitrogens with zero attached hydrogens (tertiary/aromatic N) is 1. The van der Waals surface area contributed by atoms with E-state index in [0.717, 1.165) is 24.0 Å². The third-order valence-corrected chi connectivity index (χ3v) is 7.85. The van der Waals surface area contributed by atoms with Crippen molar-refractivity contribution in [3.8, 4) is 11.1 Å². The molecule has 0 aromatic heterocycles. The number of carbonyl (C=O) groups is 2. The number of nitrogens with one attached hydrogen (secondary N) is 1. The van der Waals surface area contributed by atoms with Gasteiger partial charge in [0.15, 0.2) is 0 Å². The van der Waals surface area contributed by atoms with E-state index in [0.29, 0.717) is 30.1 Å². The first-order valence-corrected chi connectivity index (χ1v) is 11.4. The Balaban J connectivity index is 1.64. The highest BCUT2D eigenvalue weighted by Gasteiger charge is 2.30. The minimum Gasteiger partial charge on any atom is -0.296 e. The molecule has 2 amide bonds. The van der Waals surface area contributed by atoms with E-state index in [1.54, 1.807) is 30.3 Å². The Hall–Kier alpha value is -2.22. The summed E-state index contributed by atoms with van der Waals surface area (Å²) in [5.41, 5.74) is 2.16. The average Bonchev–Trinajstić information content (AvgIpc) is 3.25. The topological polar surface area (TPSA) is 83.6 Å². The highest BCUT2D eigenvalue weighted by molar-refractivity contribution is 7.89. The third kappa shape index (κ3) is 3.82. The fourth-order valence-corrected chi connectivity index (χ4v) is 5.80. The van der Waals surface area contributed by atoms with Gasteiger partial charge in [0, 0.05) is 25.1 Å². The number of hydrogen-bond acceptors (Lipinski definition) is 4. The van der Waals surface area contributed by atoms with Gasteiger partial charge in [-0.1, -0.05) is 41.9 Å². The summed E-state index contributed by atoms with van der Waals surface area (Å²) in [7, 11) is -3.47. The van der Waals surface area contributed by atoms with Crippen LogP contribution in [0.3, 0.4) is 0 Å². The number of rotatable bonds is 4. The van der Waals surface area contributed by atoms with Gasteiger partial charge in [-0.05, 0) is 42.5 Å². The fourth-order valence-electron chi connectivity index (χ4n) is 3.92. The van der Waals surface area contributed by atoms with Crippen molar-refractivity contribution >= 4 is 33.4 Å². The highest BCUT2D eigenvalue weighted by Crippen LogP contribution is 2.37. The number of carbonyl (C=O) groups excluding carboxylic acids is 2. The molecule has 2 saturated heterocycles. The van der Waals surface area contributed by atoms with Crippen molar-refractivity contribution in [1.82, 2.24) is 9.62 Å². The van der Waals surface area contributed by atoms with Gasteiger partial charge in [-0.25, -0.2) is 8.42 Å². The summed E-state index contributed by atoms with van der Waals surface area (Å²) in [6.45, 7) is 1.12. The van der Waals surface area contributed by atoms with Gasteiger partial charge in [0.2, 0.25) is 21.8 Å². The quantitative estimate of drug-likeness (QED) is 0.751. The van der Waals surface area contributed by atoms with Gasteiger partial charge >= 0.3 is 0 Å². The molecule has 0 spiro atoms. The Bertz CT molecular complexity index is 1060. The van der Waals surface area contributed by atoms with Crippen LogP contribution in [0.4, 0.5) is 0 Å². The molecule has 2 aliphatic heterocycles. The van der Waals surface area contributed by atoms with Crippen LogP contribution < -0.4 is 5.32 Å². The summed E-state index contributed by atoms with van der Waals surface area (Å²) < 4.78 is 26.9. The molecule has 0 radical (unpaired) electrons. The monoisotopic (exact) mass is 432 g/mol. The summed E-state index contributed by atoms with van der Waals surface area (Å²) in [6, 6.07) is 12.1. The normalized spacial score (nSPS) is 20.7. The van der Waals surface area contributed by atoms with Gasteiger partial charge < -0.3 is 0 Å². The maximum absolute atomic E-state index is 12.7. The van der Waals surface area contributed by atoms with E-state index in [1.165, 1.54) is 4.31 Å². The zero-order valence-corrected chi connectivity index (χ0v) is 17.3. The van der Waals surface area contributed by atoms with Gasteiger partial charge in [-0.15, -0.1) is 0 Å². The molecule has 1 N–H and O–H groups in total. The predicted octanol–water partition coefficient (Wildman–Crippen LogP) is 3.31. The maximum atomic E-state index is 12.7. The van der Waals surface area contributed by atoms with Gasteiger partial charge in [0.05, 0.1) is 15.8 Å². The minimum absolute atomic E-state index is 0.264. The first-order chi connectivity index (χ1) is 13.9. The number of imide groups is 1. The largest absolute Gasteiger partial charge is 0.296 e. The van der Waals surface area contributed by atoms with Crippen LogP contribution >= 0.6 is 11.6 Å². The van der Waals surface area contributed by atoms with Gasteiger partial charge in [-0.2, -0.15) is 4.31 Å². The number of sulfonamides is 1. The second-order valence-electron chi connectivity index (χ2n) is 7.35. The lowest BCUT2D eigenvalue weighted by Gasteiger charge is -2.23. The lowest BCUT2D eigenvalue weighted by atomic mass is 9.88. The Morgan fingerprint density at radius 3 is 2.34 bits per heavy atom. The van der Waals surface area contributed by atoms with Crippen LogP contribution in [0.15, 0.2) is 47.4 Å². The first-order valence-electron chi connectivity index (χ1n) is 9.60. The molecule has 4 rings (SSSR count). The van der Waals surface area contributed by atoms with Crippen molar-refractivity contribution in [3.05, 3.63) is 53.1 Å². The van der Waals surface area contributed by atoms with Crippen molar-refractivity contribution in [2.45, 2.75) is 36.5 Å². The Morgan fingerprint density at radius 1 is 1.00 bits per heavy atom. The third-order valence-electron chi connectivity index (χ3n) is 5.51. The van der Waals surface area contributed by atoms with E-state index in [4.69, 9.17) is 11.6 Å². The van der Waals surface area contributed by atoms with Crippen LogP contribution in [0, 0.1) is 0 Å². The molecule has 2 aromatic carbocycles. The van der Waals surface area contributed by atoms with Gasteiger partial charge in [0.1, 0.15) is 0 Å². The predicted molar refractivity (Wildman–Crippen MR) is 110 cm³/mol. The van der Waals surface area contributed by atoms with E-state index in [2.05, 4.69) is 5.32 Å². The Labute approximate surface area is 174 Å². The molecule has 2 aliphatic rings. The molecule has 1 unspecified atom stereocenters. The molecule has 0 bridgehead atoms. The molecule has 1 atom stereocenters. The molecule has 152 valence electrons. The molecule has 0 saturated carbocycles. The van der Waals surface area contributed by atoms with Crippen molar-refractivity contribution in [3.63, 3.8) is 0 Å². The van der Waals surface area contributed by atoms with Crippen LogP contribution in [-0.4, -0.2) is 37.6 Å². The smallest absolute Gasteiger partial charge is 0.243 e. The van der Waals surface area contributed by atoms with Crippen molar-refractivity contribution in [2.75, 3.05) is 13.1 Å². The standard InChI is InChI=1S/C21H21ClN2O4S/c22-20-16(4-3-5-17(20)18-10-11-19(25)23-21(18)26)14-6-8-15(9-7-14)29(27,28)24-12-1-2-13-24/h3-9,18H,1-2,10-13H2,(H,23,25,26). The maximum Gasteiger partial charge on any atom is 0.243 e. The van der Waals surface area contributed by atoms with E-state index >= 15 is 0 Å². The molecular weight excluding hydrogens is 412 g/mol. The minimum atomic E-state index is -3.47. The van der Waals surface area contributed by atoms with Crippen molar-refractivity contribution < 1.29 is 18.0 Å². The summed E-state index contributed by atoms with van der Waals surface area (Å²) in [5, 5.41) is 2.80. The van der Waals surface area contributed by atoms with E-state index in [1.807, 2.05) is 12.1 Å². The van der Waals surface area contributed by atoms with E-state index < -0.39 is 15.9 Å². The molecule has 0 aliphatic carbocycles. The molecule has 2 aromatic rings. The van der Waals surface area contributed by atoms with E-state index in [-0.39, 0.29) is 23.1 Å². The number of benzene rings is 2. The molecule has 29 heavy (non-hydrogen) atoms. The summed E-state index contributed by atoms with van der Waals surface area (Å²) in [5.74, 6) is -1.09.